The number of phenols is 1. The maximum Gasteiger partial charge on any atom is 0.115 e. The third kappa shape index (κ3) is 11.7. The van der Waals surface area contributed by atoms with Gasteiger partial charge in [-0.2, -0.15) is 6.08 Å². The molecular formula is C11H13Cl2OTi-. The van der Waals surface area contributed by atoms with Crippen molar-refractivity contribution in [1.82, 2.24) is 0 Å². The summed E-state index contributed by atoms with van der Waals surface area (Å²) in [5.41, 5.74) is 0. The molecule has 4 heteroatoms. The van der Waals surface area contributed by atoms with Crippen LogP contribution in [0.1, 0.15) is 6.42 Å². The minimum Gasteiger partial charge on any atom is -0.508 e. The number of hydrogen-bond acceptors (Lipinski definition) is 1. The summed E-state index contributed by atoms with van der Waals surface area (Å²) in [5.74, 6) is 0.322. The summed E-state index contributed by atoms with van der Waals surface area (Å²) in [6.07, 6.45) is 10.0. The van der Waals surface area contributed by atoms with Crippen LogP contribution in [0.5, 0.6) is 5.75 Å². The fourth-order valence-electron chi connectivity index (χ4n) is 0.768. The first-order valence-corrected chi connectivity index (χ1v) is 3.85. The van der Waals surface area contributed by atoms with Crippen molar-refractivity contribution in [2.45, 2.75) is 6.42 Å². The van der Waals surface area contributed by atoms with Crippen molar-refractivity contribution >= 4 is 24.8 Å². The average molecular weight is 280 g/mol. The van der Waals surface area contributed by atoms with E-state index >= 15 is 0 Å². The fraction of sp³-hybridized carbons (Fsp3) is 0.0909. The minimum absolute atomic E-state index is 0. The smallest absolute Gasteiger partial charge is 0.115 e. The molecule has 0 amide bonds. The normalized spacial score (nSPS) is 9.87. The van der Waals surface area contributed by atoms with Crippen LogP contribution in [-0.2, 0) is 21.7 Å². The molecule has 0 saturated carbocycles. The summed E-state index contributed by atoms with van der Waals surface area (Å²) < 4.78 is 0. The van der Waals surface area contributed by atoms with E-state index in [4.69, 9.17) is 5.11 Å². The SMILES string of the molecule is Cl.Cl.Oc1ccccc1.[C-]1=CC=CC1.[Ti]. The number of benzene rings is 1. The average Bonchev–Trinajstić information content (AvgIpc) is 2.62. The molecule has 0 unspecified atom stereocenters. The van der Waals surface area contributed by atoms with E-state index in [9.17, 15) is 0 Å². The van der Waals surface area contributed by atoms with Crippen molar-refractivity contribution in [3.63, 3.8) is 0 Å². The van der Waals surface area contributed by atoms with Crippen LogP contribution in [0.4, 0.5) is 0 Å². The van der Waals surface area contributed by atoms with E-state index in [1.165, 1.54) is 0 Å². The van der Waals surface area contributed by atoms with Gasteiger partial charge in [0, 0.05) is 21.7 Å². The second-order valence-electron chi connectivity index (χ2n) is 2.34. The molecule has 0 fully saturated rings. The minimum atomic E-state index is 0. The van der Waals surface area contributed by atoms with Crippen molar-refractivity contribution in [3.05, 3.63) is 54.6 Å². The van der Waals surface area contributed by atoms with Crippen LogP contribution < -0.4 is 0 Å². The van der Waals surface area contributed by atoms with E-state index in [-0.39, 0.29) is 46.5 Å². The van der Waals surface area contributed by atoms with Gasteiger partial charge in [-0.3, -0.25) is 6.08 Å². The first-order chi connectivity index (χ1) is 5.89. The molecule has 15 heavy (non-hydrogen) atoms. The van der Waals surface area contributed by atoms with Gasteiger partial charge in [-0.15, -0.1) is 31.2 Å². The van der Waals surface area contributed by atoms with Gasteiger partial charge >= 0.3 is 0 Å². The number of aromatic hydroxyl groups is 1. The van der Waals surface area contributed by atoms with E-state index < -0.39 is 0 Å². The molecule has 0 heterocycles. The Morgan fingerprint density at radius 1 is 1.07 bits per heavy atom. The summed E-state index contributed by atoms with van der Waals surface area (Å²) in [7, 11) is 0. The third-order valence-electron chi connectivity index (χ3n) is 1.34. The van der Waals surface area contributed by atoms with E-state index in [2.05, 4.69) is 12.2 Å². The zero-order valence-corrected chi connectivity index (χ0v) is 11.3. The summed E-state index contributed by atoms with van der Waals surface area (Å²) in [6, 6.07) is 8.71. The van der Waals surface area contributed by atoms with Crippen LogP contribution in [0.2, 0.25) is 0 Å². The van der Waals surface area contributed by atoms with Gasteiger partial charge in [-0.05, 0) is 12.1 Å². The Bertz CT molecular complexity index is 263. The van der Waals surface area contributed by atoms with Crippen LogP contribution in [0, 0.1) is 6.08 Å². The molecule has 0 radical (unpaired) electrons. The Hall–Kier alpha value is -0.206. The van der Waals surface area contributed by atoms with Crippen molar-refractivity contribution in [1.29, 1.82) is 0 Å². The van der Waals surface area contributed by atoms with Gasteiger partial charge in [0.05, 0.1) is 0 Å². The molecular weight excluding hydrogens is 267 g/mol. The topological polar surface area (TPSA) is 20.2 Å². The fourth-order valence-corrected chi connectivity index (χ4v) is 0.768. The molecule has 1 N–H and O–H groups in total. The van der Waals surface area contributed by atoms with Gasteiger partial charge in [-0.25, -0.2) is 12.2 Å². The molecule has 1 aromatic carbocycles. The van der Waals surface area contributed by atoms with Crippen molar-refractivity contribution in [3.8, 4) is 5.75 Å². The first-order valence-electron chi connectivity index (χ1n) is 3.85. The molecule has 82 valence electrons. The van der Waals surface area contributed by atoms with Crippen molar-refractivity contribution < 1.29 is 26.8 Å². The molecule has 1 nitrogen and oxygen atoms in total. The number of halogens is 2. The van der Waals surface area contributed by atoms with Crippen molar-refractivity contribution in [2.24, 2.45) is 0 Å². The van der Waals surface area contributed by atoms with Crippen LogP contribution in [-0.4, -0.2) is 5.11 Å². The van der Waals surface area contributed by atoms with Gasteiger partial charge in [0.25, 0.3) is 0 Å². The second-order valence-corrected chi connectivity index (χ2v) is 2.34. The summed E-state index contributed by atoms with van der Waals surface area (Å²) in [6.45, 7) is 0. The Morgan fingerprint density at radius 2 is 1.67 bits per heavy atom. The van der Waals surface area contributed by atoms with Crippen molar-refractivity contribution in [2.75, 3.05) is 0 Å². The number of hydrogen-bond donors (Lipinski definition) is 1. The van der Waals surface area contributed by atoms with Crippen LogP contribution in [0.3, 0.4) is 0 Å². The molecule has 0 aliphatic heterocycles. The Morgan fingerprint density at radius 3 is 1.87 bits per heavy atom. The molecule has 0 saturated heterocycles. The second kappa shape index (κ2) is 13.8. The molecule has 1 aliphatic rings. The van der Waals surface area contributed by atoms with E-state index in [1.54, 1.807) is 24.3 Å². The molecule has 1 aromatic rings. The van der Waals surface area contributed by atoms with Gasteiger partial charge in [-0.1, -0.05) is 18.2 Å². The van der Waals surface area contributed by atoms with Gasteiger partial charge < -0.3 is 5.11 Å². The first kappa shape index (κ1) is 20.2. The molecule has 0 aromatic heterocycles. The van der Waals surface area contributed by atoms with Gasteiger partial charge in [0.2, 0.25) is 0 Å². The predicted molar refractivity (Wildman–Crippen MR) is 64.2 cm³/mol. The predicted octanol–water partition coefficient (Wildman–Crippen LogP) is 3.54. The molecule has 0 bridgehead atoms. The summed E-state index contributed by atoms with van der Waals surface area (Å²) in [5, 5.41) is 8.63. The number of rotatable bonds is 0. The Labute approximate surface area is 118 Å². The number of phenolic OH excluding ortho intramolecular Hbond substituents is 1. The molecule has 0 atom stereocenters. The molecule has 0 spiro atoms. The zero-order chi connectivity index (χ0) is 8.65. The zero-order valence-electron chi connectivity index (χ0n) is 8.09. The molecule has 1 aliphatic carbocycles. The number of para-hydroxylation sites is 1. The quantitative estimate of drug-likeness (QED) is 0.569. The van der Waals surface area contributed by atoms with Gasteiger partial charge in [0.1, 0.15) is 5.75 Å². The van der Waals surface area contributed by atoms with E-state index in [0.29, 0.717) is 5.75 Å². The van der Waals surface area contributed by atoms with Gasteiger partial charge in [0.15, 0.2) is 0 Å². The number of allylic oxidation sites excluding steroid dienone is 4. The maximum atomic E-state index is 8.63. The largest absolute Gasteiger partial charge is 0.508 e. The summed E-state index contributed by atoms with van der Waals surface area (Å²) >= 11 is 0. The van der Waals surface area contributed by atoms with Crippen LogP contribution in [0.15, 0.2) is 48.6 Å². The Balaban J connectivity index is -0.000000165. The monoisotopic (exact) mass is 279 g/mol. The maximum absolute atomic E-state index is 8.63. The van der Waals surface area contributed by atoms with Crippen LogP contribution in [0.25, 0.3) is 0 Å². The van der Waals surface area contributed by atoms with Crippen LogP contribution >= 0.6 is 24.8 Å². The summed E-state index contributed by atoms with van der Waals surface area (Å²) in [4.78, 5) is 0. The molecule has 2 rings (SSSR count). The Kier molecular flexibility index (Phi) is 18.6. The third-order valence-corrected chi connectivity index (χ3v) is 1.34. The van der Waals surface area contributed by atoms with E-state index in [1.807, 2.05) is 18.2 Å². The van der Waals surface area contributed by atoms with E-state index in [0.717, 1.165) is 6.42 Å². The standard InChI is InChI=1S/C6H6O.C5H5.2ClH.Ti/c7-6-4-2-1-3-5-6;1-2-4-5-3-1;;;/h1-5,7H;1-3H,4H2;2*1H;/q;-1;;;.